The van der Waals surface area contributed by atoms with Gasteiger partial charge in [0.15, 0.2) is 5.69 Å². The summed E-state index contributed by atoms with van der Waals surface area (Å²) in [5, 5.41) is 7.09. The second-order valence-corrected chi connectivity index (χ2v) is 7.46. The summed E-state index contributed by atoms with van der Waals surface area (Å²) in [5.74, 6) is 2.67. The van der Waals surface area contributed by atoms with Gasteiger partial charge in [-0.1, -0.05) is 18.5 Å². The van der Waals surface area contributed by atoms with Crippen molar-refractivity contribution in [1.82, 2.24) is 15.4 Å². The number of hydrogen-bond donors (Lipinski definition) is 1. The lowest BCUT2D eigenvalue weighted by molar-refractivity contribution is 0.0921. The summed E-state index contributed by atoms with van der Waals surface area (Å²) in [6.07, 6.45) is 6.47. The Hall–Kier alpha value is -1.36. The molecule has 1 aromatic heterocycles. The lowest BCUT2D eigenvalue weighted by Gasteiger charge is -2.30. The summed E-state index contributed by atoms with van der Waals surface area (Å²) in [6, 6.07) is 2.05. The molecule has 2 aliphatic carbocycles. The summed E-state index contributed by atoms with van der Waals surface area (Å²) in [7, 11) is 0. The zero-order valence-electron chi connectivity index (χ0n) is 13.3. The molecule has 1 saturated heterocycles. The molecule has 2 atom stereocenters. The first-order valence-electron chi connectivity index (χ1n) is 8.69. The number of aromatic nitrogens is 1. The molecule has 1 aliphatic heterocycles. The van der Waals surface area contributed by atoms with Gasteiger partial charge in [0, 0.05) is 37.7 Å². The van der Waals surface area contributed by atoms with Crippen molar-refractivity contribution in [2.24, 2.45) is 11.8 Å². The van der Waals surface area contributed by atoms with Crippen LogP contribution in [0.5, 0.6) is 0 Å². The first kappa shape index (κ1) is 14.2. The van der Waals surface area contributed by atoms with Crippen molar-refractivity contribution < 1.29 is 9.32 Å². The first-order chi connectivity index (χ1) is 10.7. The number of nitrogens with one attached hydrogen (secondary N) is 1. The maximum Gasteiger partial charge on any atom is 0.273 e. The maximum atomic E-state index is 12.3. The minimum absolute atomic E-state index is 0.0852. The highest BCUT2D eigenvalue weighted by Crippen LogP contribution is 2.40. The van der Waals surface area contributed by atoms with E-state index in [0.717, 1.165) is 37.6 Å². The van der Waals surface area contributed by atoms with Crippen LogP contribution in [0.15, 0.2) is 10.6 Å². The zero-order valence-corrected chi connectivity index (χ0v) is 13.3. The molecule has 0 bridgehead atoms. The van der Waals surface area contributed by atoms with Gasteiger partial charge in [0.05, 0.1) is 0 Å². The Kier molecular flexibility index (Phi) is 3.68. The highest BCUT2D eigenvalue weighted by molar-refractivity contribution is 5.92. The molecule has 3 aliphatic rings. The Morgan fingerprint density at radius 2 is 2.18 bits per heavy atom. The minimum atomic E-state index is -0.0852. The number of nitrogens with zero attached hydrogens (tertiary/aromatic N) is 2. The second-order valence-electron chi connectivity index (χ2n) is 7.46. The van der Waals surface area contributed by atoms with Crippen molar-refractivity contribution in [1.29, 1.82) is 0 Å². The quantitative estimate of drug-likeness (QED) is 0.907. The van der Waals surface area contributed by atoms with Crippen molar-refractivity contribution in [2.75, 3.05) is 19.6 Å². The molecule has 3 fully saturated rings. The van der Waals surface area contributed by atoms with Gasteiger partial charge in [0.2, 0.25) is 0 Å². The fraction of sp³-hybridized carbons (Fsp3) is 0.765. The molecule has 1 N–H and O–H groups in total. The summed E-state index contributed by atoms with van der Waals surface area (Å²) >= 11 is 0. The molecule has 5 nitrogen and oxygen atoms in total. The average molecular weight is 303 g/mol. The molecule has 2 heterocycles. The minimum Gasteiger partial charge on any atom is -0.360 e. The molecular formula is C17H25N3O2. The van der Waals surface area contributed by atoms with E-state index in [2.05, 4.69) is 22.3 Å². The van der Waals surface area contributed by atoms with Gasteiger partial charge >= 0.3 is 0 Å². The van der Waals surface area contributed by atoms with E-state index in [-0.39, 0.29) is 11.9 Å². The predicted octanol–water partition coefficient (Wildman–Crippen LogP) is 2.40. The summed E-state index contributed by atoms with van der Waals surface area (Å²) in [6.45, 7) is 5.49. The largest absolute Gasteiger partial charge is 0.360 e. The maximum absolute atomic E-state index is 12.3. The molecule has 120 valence electrons. The summed E-state index contributed by atoms with van der Waals surface area (Å²) in [4.78, 5) is 14.9. The van der Waals surface area contributed by atoms with Crippen LogP contribution < -0.4 is 5.32 Å². The van der Waals surface area contributed by atoms with Crippen LogP contribution in [-0.4, -0.2) is 41.6 Å². The normalized spacial score (nSPS) is 29.5. The zero-order chi connectivity index (χ0) is 15.1. The van der Waals surface area contributed by atoms with Crippen LogP contribution in [0.2, 0.25) is 0 Å². The fourth-order valence-corrected chi connectivity index (χ4v) is 3.64. The number of carbonyl (C=O) groups is 1. The number of rotatable bonds is 5. The highest BCUT2D eigenvalue weighted by Gasteiger charge is 2.34. The van der Waals surface area contributed by atoms with E-state index in [9.17, 15) is 4.79 Å². The van der Waals surface area contributed by atoms with Crippen LogP contribution in [0.3, 0.4) is 0 Å². The number of likely N-dealkylation sites (tertiary alicyclic amines) is 1. The van der Waals surface area contributed by atoms with E-state index in [4.69, 9.17) is 4.52 Å². The van der Waals surface area contributed by atoms with E-state index < -0.39 is 0 Å². The topological polar surface area (TPSA) is 58.4 Å². The molecule has 1 amide bonds. The highest BCUT2D eigenvalue weighted by atomic mass is 16.5. The number of carbonyl (C=O) groups excluding carboxylic acids is 1. The molecule has 4 rings (SSSR count). The smallest absolute Gasteiger partial charge is 0.273 e. The molecule has 0 spiro atoms. The molecule has 0 radical (unpaired) electrons. The molecule has 5 heteroatoms. The third-order valence-corrected chi connectivity index (χ3v) is 5.49. The molecule has 1 aromatic rings. The summed E-state index contributed by atoms with van der Waals surface area (Å²) in [5.41, 5.74) is 0.437. The SMILES string of the molecule is C[C@@H]1CN(CC2CCC2)C[C@H]1NC(=O)c1cc(C2CC2)on1. The van der Waals surface area contributed by atoms with Gasteiger partial charge in [-0.25, -0.2) is 0 Å². The van der Waals surface area contributed by atoms with Gasteiger partial charge < -0.3 is 14.7 Å². The van der Waals surface area contributed by atoms with Crippen molar-refractivity contribution >= 4 is 5.91 Å². The summed E-state index contributed by atoms with van der Waals surface area (Å²) < 4.78 is 5.28. The van der Waals surface area contributed by atoms with E-state index in [1.54, 1.807) is 0 Å². The van der Waals surface area contributed by atoms with Crippen LogP contribution in [-0.2, 0) is 0 Å². The van der Waals surface area contributed by atoms with Crippen molar-refractivity contribution in [3.63, 3.8) is 0 Å². The van der Waals surface area contributed by atoms with Gasteiger partial charge in [-0.2, -0.15) is 0 Å². The Balaban J connectivity index is 1.32. The second kappa shape index (κ2) is 5.69. The monoisotopic (exact) mass is 303 g/mol. The molecular weight excluding hydrogens is 278 g/mol. The molecule has 22 heavy (non-hydrogen) atoms. The van der Waals surface area contributed by atoms with Crippen LogP contribution >= 0.6 is 0 Å². The lowest BCUT2D eigenvalue weighted by atomic mass is 9.85. The van der Waals surface area contributed by atoms with Crippen molar-refractivity contribution in [2.45, 2.75) is 51.0 Å². The van der Waals surface area contributed by atoms with E-state index >= 15 is 0 Å². The third kappa shape index (κ3) is 2.91. The Labute approximate surface area is 131 Å². The number of amides is 1. The predicted molar refractivity (Wildman–Crippen MR) is 82.7 cm³/mol. The standard InChI is InChI=1S/C17H25N3O2/c1-11-8-20(9-12-3-2-4-12)10-15(11)18-17(21)14-7-16(22-19-14)13-5-6-13/h7,11-13,15H,2-6,8-10H2,1H3,(H,18,21)/t11-,15-/m1/s1. The lowest BCUT2D eigenvalue weighted by Crippen LogP contribution is -2.40. The van der Waals surface area contributed by atoms with Gasteiger partial charge in [-0.3, -0.25) is 4.79 Å². The van der Waals surface area contributed by atoms with Crippen LogP contribution in [0.4, 0.5) is 0 Å². The van der Waals surface area contributed by atoms with Crippen molar-refractivity contribution in [3.05, 3.63) is 17.5 Å². The van der Waals surface area contributed by atoms with Crippen molar-refractivity contribution in [3.8, 4) is 0 Å². The fourth-order valence-electron chi connectivity index (χ4n) is 3.64. The van der Waals surface area contributed by atoms with Gasteiger partial charge in [0.1, 0.15) is 5.76 Å². The van der Waals surface area contributed by atoms with Gasteiger partial charge in [-0.15, -0.1) is 0 Å². The number of hydrogen-bond acceptors (Lipinski definition) is 4. The van der Waals surface area contributed by atoms with E-state index in [0.29, 0.717) is 17.5 Å². The van der Waals surface area contributed by atoms with E-state index in [1.807, 2.05) is 6.07 Å². The van der Waals surface area contributed by atoms with Crippen LogP contribution in [0.25, 0.3) is 0 Å². The third-order valence-electron chi connectivity index (χ3n) is 5.49. The molecule has 0 aromatic carbocycles. The Morgan fingerprint density at radius 3 is 2.86 bits per heavy atom. The molecule has 2 saturated carbocycles. The van der Waals surface area contributed by atoms with Crippen LogP contribution in [0, 0.1) is 11.8 Å². The van der Waals surface area contributed by atoms with E-state index in [1.165, 1.54) is 25.8 Å². The Bertz CT molecular complexity index is 548. The first-order valence-corrected chi connectivity index (χ1v) is 8.69. The van der Waals surface area contributed by atoms with Crippen LogP contribution in [0.1, 0.15) is 61.2 Å². The van der Waals surface area contributed by atoms with Gasteiger partial charge in [0.25, 0.3) is 5.91 Å². The Morgan fingerprint density at radius 1 is 1.36 bits per heavy atom. The molecule has 0 unspecified atom stereocenters. The average Bonchev–Trinajstić information content (AvgIpc) is 3.08. The van der Waals surface area contributed by atoms with Gasteiger partial charge in [-0.05, 0) is 37.5 Å².